The van der Waals surface area contributed by atoms with Crippen LogP contribution in [0.4, 0.5) is 0 Å². The molecule has 0 radical (unpaired) electrons. The Hall–Kier alpha value is -8.61. The quantitative estimate of drug-likeness (QED) is 0.0381. The van der Waals surface area contributed by atoms with Crippen molar-refractivity contribution in [3.05, 3.63) is 267 Å². The van der Waals surface area contributed by atoms with Crippen LogP contribution >= 0.6 is 7.82 Å². The highest BCUT2D eigenvalue weighted by molar-refractivity contribution is 7.47. The van der Waals surface area contributed by atoms with Crippen molar-refractivity contribution in [2.45, 2.75) is 25.0 Å². The van der Waals surface area contributed by atoms with Crippen molar-refractivity contribution in [2.24, 2.45) is 0 Å². The third-order valence-corrected chi connectivity index (χ3v) is 14.0. The van der Waals surface area contributed by atoms with E-state index in [1.807, 2.05) is 109 Å². The highest BCUT2D eigenvalue weighted by Crippen LogP contribution is 2.47. The van der Waals surface area contributed by atoms with Crippen LogP contribution in [0.5, 0.6) is 23.0 Å². The number of nitrogens with one attached hydrogen (secondary N) is 2. The molecule has 0 aliphatic carbocycles. The number of phosphoric acid groups is 1. The molecule has 3 N–H and O–H groups in total. The minimum Gasteiger partial charge on any atom is -0.497 e. The molecule has 0 fully saturated rings. The summed E-state index contributed by atoms with van der Waals surface area (Å²) in [5, 5.41) is 0. The van der Waals surface area contributed by atoms with Crippen molar-refractivity contribution in [1.29, 1.82) is 0 Å². The monoisotopic (exact) mass is 1090 g/mol. The van der Waals surface area contributed by atoms with Crippen LogP contribution in [0.1, 0.15) is 44.5 Å². The van der Waals surface area contributed by atoms with Crippen molar-refractivity contribution >= 4 is 20.2 Å². The number of phosphoric ester groups is 1. The normalized spacial score (nSPS) is 12.9. The Morgan fingerprint density at radius 2 is 0.734 bits per heavy atom. The second kappa shape index (κ2) is 25.2. The summed E-state index contributed by atoms with van der Waals surface area (Å²) in [5.41, 5.74) is -0.747. The first-order valence-electron chi connectivity index (χ1n) is 24.7. The smallest absolute Gasteiger partial charge is 0.472 e. The van der Waals surface area contributed by atoms with Crippen molar-refractivity contribution in [2.75, 3.05) is 54.9 Å². The van der Waals surface area contributed by atoms with Gasteiger partial charge in [-0.3, -0.25) is 37.7 Å². The van der Waals surface area contributed by atoms with Gasteiger partial charge < -0.3 is 33.3 Å². The first-order valence-corrected chi connectivity index (χ1v) is 26.2. The first-order chi connectivity index (χ1) is 38.1. The molecule has 2 aromatic heterocycles. The number of benzene rings is 6. The molecule has 0 aliphatic heterocycles. The number of aryl methyl sites for hydroxylation is 2. The number of rotatable bonds is 24. The van der Waals surface area contributed by atoms with Gasteiger partial charge in [-0.05, 0) is 107 Å². The van der Waals surface area contributed by atoms with Crippen LogP contribution in [-0.2, 0) is 34.3 Å². The van der Waals surface area contributed by atoms with Crippen LogP contribution < -0.4 is 41.4 Å². The zero-order valence-corrected chi connectivity index (χ0v) is 45.1. The van der Waals surface area contributed by atoms with Gasteiger partial charge >= 0.3 is 19.2 Å². The molecule has 0 aliphatic rings. The fraction of sp³-hybridized carbons (Fsp3) is 0.200. The number of H-pyrrole nitrogens is 2. The lowest BCUT2D eigenvalue weighted by Gasteiger charge is -2.36. The second-order valence-electron chi connectivity index (χ2n) is 18.1. The Morgan fingerprint density at radius 3 is 1.01 bits per heavy atom. The molecule has 8 aromatic rings. The average molecular weight is 1090 g/mol. The molecule has 0 spiro atoms. The van der Waals surface area contributed by atoms with E-state index in [2.05, 4.69) is 9.97 Å². The summed E-state index contributed by atoms with van der Waals surface area (Å²) in [7, 11) is 1.12. The second-order valence-corrected chi connectivity index (χ2v) is 19.6. The van der Waals surface area contributed by atoms with Gasteiger partial charge in [-0.2, -0.15) is 0 Å². The van der Waals surface area contributed by atoms with Gasteiger partial charge in [0.15, 0.2) is 0 Å². The molecule has 0 saturated heterocycles. The van der Waals surface area contributed by atoms with E-state index in [9.17, 15) is 28.6 Å². The molecule has 0 atom stereocenters. The molecule has 0 bridgehead atoms. The Balaban J connectivity index is 1.16. The van der Waals surface area contributed by atoms with Gasteiger partial charge in [-0.15, -0.1) is 0 Å². The maximum atomic E-state index is 14.3. The fourth-order valence-electron chi connectivity index (χ4n) is 8.91. The summed E-state index contributed by atoms with van der Waals surface area (Å²) in [4.78, 5) is 67.9. The van der Waals surface area contributed by atoms with Crippen molar-refractivity contribution in [3.8, 4) is 23.0 Å². The summed E-state index contributed by atoms with van der Waals surface area (Å²) < 4.78 is 64.3. The van der Waals surface area contributed by atoms with Gasteiger partial charge in [0, 0.05) is 35.9 Å². The molecular formula is C60H59N4O14P. The lowest BCUT2D eigenvalue weighted by atomic mass is 9.80. The summed E-state index contributed by atoms with van der Waals surface area (Å²) in [6, 6.07) is 48.0. The van der Waals surface area contributed by atoms with Crippen molar-refractivity contribution in [1.82, 2.24) is 19.1 Å². The number of methoxy groups -OCH3 is 4. The van der Waals surface area contributed by atoms with Crippen LogP contribution in [0.15, 0.2) is 200 Å². The molecule has 0 unspecified atom stereocenters. The van der Waals surface area contributed by atoms with Gasteiger partial charge in [0.2, 0.25) is 0 Å². The van der Waals surface area contributed by atoms with E-state index in [1.165, 1.54) is 38.6 Å². The van der Waals surface area contributed by atoms with E-state index in [0.29, 0.717) is 56.4 Å². The van der Waals surface area contributed by atoms with E-state index >= 15 is 0 Å². The number of nitrogens with zero attached hydrogens (tertiary/aromatic N) is 2. The minimum absolute atomic E-state index is 0.148. The van der Waals surface area contributed by atoms with E-state index in [0.717, 1.165) is 9.13 Å². The molecule has 18 nitrogen and oxygen atoms in total. The summed E-state index contributed by atoms with van der Waals surface area (Å²) in [6.45, 7) is 1.04. The summed E-state index contributed by atoms with van der Waals surface area (Å²) in [6.07, 6.45) is 5.32. The van der Waals surface area contributed by atoms with Crippen LogP contribution in [0.25, 0.3) is 12.4 Å². The van der Waals surface area contributed by atoms with Gasteiger partial charge in [-0.1, -0.05) is 109 Å². The lowest BCUT2D eigenvalue weighted by Crippen LogP contribution is -2.34. The molecule has 408 valence electrons. The van der Waals surface area contributed by atoms with Crippen LogP contribution in [0.3, 0.4) is 0 Å². The van der Waals surface area contributed by atoms with E-state index in [1.54, 1.807) is 77.0 Å². The zero-order valence-electron chi connectivity index (χ0n) is 44.2. The average Bonchev–Trinajstić information content (AvgIpc) is 3.51. The maximum Gasteiger partial charge on any atom is 0.472 e. The summed E-state index contributed by atoms with van der Waals surface area (Å²) >= 11 is 0. The summed E-state index contributed by atoms with van der Waals surface area (Å²) in [5.74, 6) is 2.38. The molecule has 0 saturated carbocycles. The standard InChI is InChI=1S/C60H59N4O14P/c1-41-33-63(57(67)61-55(41)65)35-43(37-75-59(45-13-9-7-10-14-45,47-17-25-51(71-3)26-18-47)48-19-27-52(72-4)28-20-48)39-77-79(69,70)78-40-44(36-64-34-42(2)56(66)62-58(64)68)38-76-60(46-15-11-8-12-16-46,49-21-29-53(73-5)30-22-49)50-23-31-54(74-6)32-24-50/h7-36H,37-40H2,1-6H3,(H,69,70)(H,61,65,67)(H,62,66,68)/b43-35-,44-36-. The van der Waals surface area contributed by atoms with Crippen molar-refractivity contribution < 1.29 is 46.9 Å². The van der Waals surface area contributed by atoms with Gasteiger partial charge in [0.1, 0.15) is 34.2 Å². The number of hydrogen-bond acceptors (Lipinski definition) is 13. The predicted octanol–water partition coefficient (Wildman–Crippen LogP) is 8.57. The number of aromatic amines is 2. The largest absolute Gasteiger partial charge is 0.497 e. The van der Waals surface area contributed by atoms with Crippen LogP contribution in [0.2, 0.25) is 0 Å². The third kappa shape index (κ3) is 13.1. The molecule has 19 heteroatoms. The first kappa shape index (κ1) is 56.6. The molecular weight excluding hydrogens is 1030 g/mol. The Labute approximate surface area is 454 Å². The van der Waals surface area contributed by atoms with Gasteiger partial charge in [-0.25, -0.2) is 14.2 Å². The van der Waals surface area contributed by atoms with Gasteiger partial charge in [0.05, 0.1) is 54.9 Å². The van der Waals surface area contributed by atoms with Crippen LogP contribution in [-0.4, -0.2) is 78.9 Å². The SMILES string of the molecule is COc1ccc(C(OC/C(=C/n2cc(C)c(=O)[nH]c2=O)COP(=O)(O)OC/C(=C\n2cc(C)c(=O)[nH]c2=O)COC(c2ccccc2)(c2ccc(OC)cc2)c2ccc(OC)cc2)(c2ccccc2)c2ccc(OC)cc2)cc1. The number of aromatic nitrogens is 4. The highest BCUT2D eigenvalue weighted by Gasteiger charge is 2.40. The fourth-order valence-corrected chi connectivity index (χ4v) is 9.64. The highest BCUT2D eigenvalue weighted by atomic mass is 31.2. The Morgan fingerprint density at radius 1 is 0.456 bits per heavy atom. The zero-order chi connectivity index (χ0) is 56.2. The third-order valence-electron chi connectivity index (χ3n) is 13.1. The van der Waals surface area contributed by atoms with Gasteiger partial charge in [0.25, 0.3) is 11.1 Å². The molecule has 8 rings (SSSR count). The van der Waals surface area contributed by atoms with E-state index in [4.69, 9.17) is 37.5 Å². The molecule has 79 heavy (non-hydrogen) atoms. The van der Waals surface area contributed by atoms with Crippen LogP contribution in [0, 0.1) is 13.8 Å². The molecule has 6 aromatic carbocycles. The topological polar surface area (TPSA) is 221 Å². The molecule has 0 amide bonds. The van der Waals surface area contributed by atoms with E-state index in [-0.39, 0.29) is 35.5 Å². The number of hydrogen-bond donors (Lipinski definition) is 3. The minimum atomic E-state index is -5.12. The number of ether oxygens (including phenoxy) is 6. The lowest BCUT2D eigenvalue weighted by molar-refractivity contribution is 0.0225. The predicted molar refractivity (Wildman–Crippen MR) is 299 cm³/mol. The Bertz CT molecular complexity index is 3370. The molecule has 2 heterocycles. The maximum absolute atomic E-state index is 14.3. The van der Waals surface area contributed by atoms with Crippen molar-refractivity contribution in [3.63, 3.8) is 0 Å². The Kier molecular flexibility index (Phi) is 18.1. The van der Waals surface area contributed by atoms with E-state index < -0.39 is 54.7 Å².